The van der Waals surface area contributed by atoms with Crippen molar-refractivity contribution in [2.75, 3.05) is 164 Å². The Labute approximate surface area is 466 Å². The lowest BCUT2D eigenvalue weighted by Crippen LogP contribution is -2.15. The Morgan fingerprint density at radius 2 is 1.09 bits per heavy atom. The molecular formula is C55H73ClFN3O16S2. The fourth-order valence-corrected chi connectivity index (χ4v) is 8.93. The minimum absolute atomic E-state index is 0.0263. The van der Waals surface area contributed by atoms with Gasteiger partial charge in [0.15, 0.2) is 5.82 Å². The summed E-state index contributed by atoms with van der Waals surface area (Å²) in [6.07, 6.45) is 2.54. The van der Waals surface area contributed by atoms with Crippen LogP contribution in [0.1, 0.15) is 24.1 Å². The van der Waals surface area contributed by atoms with Gasteiger partial charge in [-0.05, 0) is 60.4 Å². The first kappa shape index (κ1) is 64.2. The van der Waals surface area contributed by atoms with Crippen LogP contribution in [0.4, 0.5) is 10.2 Å². The number of Topliss-reactive ketones (excluding diaryl/α,β-unsaturated/α-hetero) is 1. The van der Waals surface area contributed by atoms with Gasteiger partial charge < -0.3 is 61.6 Å². The van der Waals surface area contributed by atoms with E-state index < -0.39 is 20.7 Å². The van der Waals surface area contributed by atoms with E-state index in [0.717, 1.165) is 34.4 Å². The summed E-state index contributed by atoms with van der Waals surface area (Å²) in [6.45, 7) is 12.6. The van der Waals surface area contributed by atoms with Gasteiger partial charge in [-0.2, -0.15) is 0 Å². The van der Waals surface area contributed by atoms with Crippen molar-refractivity contribution in [2.45, 2.75) is 31.1 Å². The third-order valence-corrected chi connectivity index (χ3v) is 13.2. The van der Waals surface area contributed by atoms with Gasteiger partial charge in [0.05, 0.1) is 162 Å². The molecule has 23 heteroatoms. The quantitative estimate of drug-likeness (QED) is 0.0363. The molecule has 3 aromatic carbocycles. The number of anilines is 1. The molecule has 0 saturated carbocycles. The molecule has 0 aliphatic carbocycles. The third kappa shape index (κ3) is 26.1. The third-order valence-electron chi connectivity index (χ3n) is 11.0. The zero-order valence-corrected chi connectivity index (χ0v) is 46.9. The number of halogens is 2. The number of sulfonamides is 1. The van der Waals surface area contributed by atoms with E-state index in [1.54, 1.807) is 19.4 Å². The number of ketones is 1. The number of rotatable bonds is 46. The number of nitrogens with one attached hydrogen (secondary N) is 1. The maximum absolute atomic E-state index is 15.5. The van der Waals surface area contributed by atoms with Crippen LogP contribution >= 0.6 is 22.9 Å². The molecule has 2 aromatic heterocycles. The zero-order chi connectivity index (χ0) is 55.3. The topological polar surface area (TPSA) is 209 Å². The van der Waals surface area contributed by atoms with E-state index in [2.05, 4.69) is 20.8 Å². The second kappa shape index (κ2) is 38.9. The molecule has 5 aromatic rings. The highest BCUT2D eigenvalue weighted by atomic mass is 35.5. The minimum Gasteiger partial charge on any atom is -0.455 e. The van der Waals surface area contributed by atoms with Crippen LogP contribution in [0.2, 0.25) is 5.02 Å². The van der Waals surface area contributed by atoms with Crippen molar-refractivity contribution in [2.24, 2.45) is 0 Å². The van der Waals surface area contributed by atoms with Crippen LogP contribution in [0.15, 0.2) is 88.7 Å². The summed E-state index contributed by atoms with van der Waals surface area (Å²) in [4.78, 5) is 20.6. The summed E-state index contributed by atoms with van der Waals surface area (Å²) in [6, 6.07) is 19.2. The SMILES string of the molecule is COCCOCCOCCOCCOCCOCCOCCOCCOCCOCCOCCOCCC(=O)CCc1cc(-c2cc(-c3cccc(C)c3)ccc2Oc2cc(F)c(S(=O)(=O)Nc3cscn3)cc2Cl)ccn1. The standard InChI is InChI=1S/C55H73ClFN3O16S2/c1-43-4-3-5-44(36-43)45-6-9-52(76-53-40-51(57)54(39-50(53)56)78(62,63)60-55-41-77-42-59-55)49(38-45)46-10-12-58-47(37-46)7-8-48(61)11-13-65-16-17-67-20-21-69-24-25-71-28-29-73-32-33-75-35-34-74-31-30-72-27-26-70-23-22-68-19-18-66-15-14-64-2/h3-6,9-10,12,36-42,60H,7-8,11,13-35H2,1-2H3. The number of aromatic nitrogens is 2. The summed E-state index contributed by atoms with van der Waals surface area (Å²) < 4.78 is 115. The fourth-order valence-electron chi connectivity index (χ4n) is 7.02. The monoisotopic (exact) mass is 1150 g/mol. The predicted molar refractivity (Wildman–Crippen MR) is 293 cm³/mol. The van der Waals surface area contributed by atoms with E-state index in [9.17, 15) is 13.2 Å². The molecule has 78 heavy (non-hydrogen) atoms. The number of ether oxygens (including phenoxy) is 13. The van der Waals surface area contributed by atoms with Crippen molar-refractivity contribution in [3.8, 4) is 33.8 Å². The summed E-state index contributed by atoms with van der Waals surface area (Å²) in [7, 11) is -2.70. The lowest BCUT2D eigenvalue weighted by molar-refractivity contribution is -0.120. The minimum atomic E-state index is -4.34. The van der Waals surface area contributed by atoms with Crippen LogP contribution < -0.4 is 9.46 Å². The number of benzene rings is 3. The van der Waals surface area contributed by atoms with Crippen molar-refractivity contribution in [3.63, 3.8) is 0 Å². The summed E-state index contributed by atoms with van der Waals surface area (Å²) in [5.41, 5.74) is 6.44. The number of carbonyl (C=O) groups is 1. The van der Waals surface area contributed by atoms with Crippen molar-refractivity contribution in [3.05, 3.63) is 106 Å². The van der Waals surface area contributed by atoms with Crippen LogP contribution in [0.5, 0.6) is 11.5 Å². The van der Waals surface area contributed by atoms with E-state index in [1.807, 2.05) is 49.4 Å². The van der Waals surface area contributed by atoms with E-state index >= 15 is 4.39 Å². The smallest absolute Gasteiger partial charge is 0.266 e. The van der Waals surface area contributed by atoms with Gasteiger partial charge in [-0.25, -0.2) is 17.8 Å². The van der Waals surface area contributed by atoms with Gasteiger partial charge in [-0.15, -0.1) is 11.3 Å². The first-order chi connectivity index (χ1) is 38.1. The first-order valence-corrected chi connectivity index (χ1v) is 28.5. The second-order valence-electron chi connectivity index (χ2n) is 16.9. The Kier molecular flexibility index (Phi) is 32.0. The molecule has 0 aliphatic rings. The van der Waals surface area contributed by atoms with Crippen LogP contribution in [-0.2, 0) is 78.1 Å². The number of pyridine rings is 1. The van der Waals surface area contributed by atoms with Gasteiger partial charge in [-0.1, -0.05) is 47.5 Å². The van der Waals surface area contributed by atoms with Crippen LogP contribution in [0.25, 0.3) is 22.3 Å². The Balaban J connectivity index is 0.866. The second-order valence-corrected chi connectivity index (χ2v) is 19.7. The van der Waals surface area contributed by atoms with E-state index in [-0.39, 0.29) is 41.8 Å². The average molecular weight is 1150 g/mol. The maximum Gasteiger partial charge on any atom is 0.266 e. The van der Waals surface area contributed by atoms with E-state index in [0.29, 0.717) is 169 Å². The molecule has 0 atom stereocenters. The largest absolute Gasteiger partial charge is 0.455 e. The summed E-state index contributed by atoms with van der Waals surface area (Å²) >= 11 is 7.73. The highest BCUT2D eigenvalue weighted by Crippen LogP contribution is 2.40. The Morgan fingerprint density at radius 1 is 0.577 bits per heavy atom. The van der Waals surface area contributed by atoms with E-state index in [4.69, 9.17) is 73.2 Å². The molecule has 0 aliphatic heterocycles. The Bertz CT molecular complexity index is 2550. The van der Waals surface area contributed by atoms with Gasteiger partial charge in [0.1, 0.15) is 28.0 Å². The number of hydrogen-bond acceptors (Lipinski definition) is 19. The molecule has 2 heterocycles. The summed E-state index contributed by atoms with van der Waals surface area (Å²) in [5, 5.41) is 1.36. The van der Waals surface area contributed by atoms with E-state index in [1.165, 1.54) is 22.2 Å². The lowest BCUT2D eigenvalue weighted by Gasteiger charge is -2.16. The van der Waals surface area contributed by atoms with Crippen molar-refractivity contribution in [1.29, 1.82) is 0 Å². The van der Waals surface area contributed by atoms with Crippen molar-refractivity contribution < 1.29 is 79.2 Å². The van der Waals surface area contributed by atoms with Crippen molar-refractivity contribution in [1.82, 2.24) is 9.97 Å². The normalized spacial score (nSPS) is 11.6. The van der Waals surface area contributed by atoms with Gasteiger partial charge in [-0.3, -0.25) is 14.5 Å². The Hall–Kier alpha value is -4.60. The van der Waals surface area contributed by atoms with Crippen LogP contribution in [0, 0.1) is 12.7 Å². The van der Waals surface area contributed by atoms with Gasteiger partial charge in [0, 0.05) is 48.9 Å². The molecular weight excluding hydrogens is 1080 g/mol. The molecule has 0 amide bonds. The molecule has 5 rings (SSSR count). The molecule has 430 valence electrons. The number of carbonyl (C=O) groups excluding carboxylic acids is 1. The average Bonchev–Trinajstić information content (AvgIpc) is 3.96. The highest BCUT2D eigenvalue weighted by Gasteiger charge is 2.24. The predicted octanol–water partition coefficient (Wildman–Crippen LogP) is 8.29. The fraction of sp³-hybridized carbons (Fsp3) is 0.509. The van der Waals surface area contributed by atoms with Crippen LogP contribution in [-0.4, -0.2) is 183 Å². The number of thiazole rings is 1. The molecule has 0 bridgehead atoms. The molecule has 0 unspecified atom stereocenters. The number of nitrogens with zero attached hydrogens (tertiary/aromatic N) is 2. The molecule has 0 fully saturated rings. The summed E-state index contributed by atoms with van der Waals surface area (Å²) in [5.74, 6) is -0.728. The van der Waals surface area contributed by atoms with Gasteiger partial charge >= 0.3 is 0 Å². The highest BCUT2D eigenvalue weighted by molar-refractivity contribution is 7.92. The molecule has 0 saturated heterocycles. The lowest BCUT2D eigenvalue weighted by atomic mass is 9.97. The molecule has 1 N–H and O–H groups in total. The van der Waals surface area contributed by atoms with Gasteiger partial charge in [0.25, 0.3) is 10.0 Å². The number of aryl methyl sites for hydroxylation is 2. The maximum atomic E-state index is 15.5. The van der Waals surface area contributed by atoms with Crippen molar-refractivity contribution >= 4 is 44.6 Å². The van der Waals surface area contributed by atoms with Crippen LogP contribution in [0.3, 0.4) is 0 Å². The van der Waals surface area contributed by atoms with Gasteiger partial charge in [0.2, 0.25) is 0 Å². The number of methoxy groups -OCH3 is 1. The molecule has 0 spiro atoms. The molecule has 19 nitrogen and oxygen atoms in total. The number of hydrogen-bond donors (Lipinski definition) is 1. The molecule has 0 radical (unpaired) electrons. The zero-order valence-electron chi connectivity index (χ0n) is 44.5. The first-order valence-electron chi connectivity index (χ1n) is 25.7. The Morgan fingerprint density at radius 3 is 1.59 bits per heavy atom.